The van der Waals surface area contributed by atoms with Gasteiger partial charge in [0, 0.05) is 17.4 Å². The molecular weight excluding hydrogens is 478 g/mol. The van der Waals surface area contributed by atoms with E-state index < -0.39 is 0 Å². The first kappa shape index (κ1) is 25.0. The van der Waals surface area contributed by atoms with Crippen LogP contribution in [-0.2, 0) is 5.75 Å². The van der Waals surface area contributed by atoms with Crippen LogP contribution in [-0.4, -0.2) is 21.5 Å². The van der Waals surface area contributed by atoms with Crippen molar-refractivity contribution in [1.82, 2.24) is 14.9 Å². The molecule has 0 radical (unpaired) electrons. The van der Waals surface area contributed by atoms with Crippen LogP contribution in [0.3, 0.4) is 0 Å². The maximum atomic E-state index is 13.8. The molecule has 1 amide bonds. The minimum Gasteiger partial charge on any atom is -0.349 e. The maximum absolute atomic E-state index is 13.8. The van der Waals surface area contributed by atoms with Crippen LogP contribution in [0.25, 0.3) is 22.7 Å². The molecule has 1 N–H and O–H groups in total. The number of rotatable bonds is 7. The topological polar surface area (TPSA) is 64.0 Å². The summed E-state index contributed by atoms with van der Waals surface area (Å²) in [5, 5.41) is 4.23. The van der Waals surface area contributed by atoms with E-state index in [0.717, 1.165) is 53.6 Å². The van der Waals surface area contributed by atoms with Crippen molar-refractivity contribution in [2.75, 3.05) is 0 Å². The number of benzene rings is 3. The Labute approximate surface area is 221 Å². The van der Waals surface area contributed by atoms with Crippen molar-refractivity contribution in [1.29, 1.82) is 0 Å². The Morgan fingerprint density at radius 2 is 1.76 bits per heavy atom. The zero-order valence-electron chi connectivity index (χ0n) is 21.3. The summed E-state index contributed by atoms with van der Waals surface area (Å²) in [6.07, 6.45) is 6.16. The molecule has 5 nitrogen and oxygen atoms in total. The average molecular weight is 510 g/mol. The van der Waals surface area contributed by atoms with Crippen molar-refractivity contribution in [3.05, 3.63) is 105 Å². The van der Waals surface area contributed by atoms with Crippen LogP contribution >= 0.6 is 11.8 Å². The quantitative estimate of drug-likeness (QED) is 0.225. The molecule has 0 bridgehead atoms. The molecule has 0 unspecified atom stereocenters. The van der Waals surface area contributed by atoms with Crippen LogP contribution in [0.4, 0.5) is 0 Å². The Kier molecular flexibility index (Phi) is 7.28. The third-order valence-corrected chi connectivity index (χ3v) is 7.85. The van der Waals surface area contributed by atoms with Gasteiger partial charge in [-0.2, -0.15) is 0 Å². The van der Waals surface area contributed by atoms with Crippen LogP contribution in [0.1, 0.15) is 58.3 Å². The minimum atomic E-state index is -0.137. The highest BCUT2D eigenvalue weighted by molar-refractivity contribution is 7.98. The fourth-order valence-electron chi connectivity index (χ4n) is 4.95. The molecule has 188 valence electrons. The average Bonchev–Trinajstić information content (AvgIpc) is 3.40. The van der Waals surface area contributed by atoms with Gasteiger partial charge in [-0.25, -0.2) is 4.98 Å². The van der Waals surface area contributed by atoms with E-state index in [9.17, 15) is 9.59 Å². The Morgan fingerprint density at radius 3 is 2.43 bits per heavy atom. The predicted molar refractivity (Wildman–Crippen MR) is 153 cm³/mol. The Bertz CT molecular complexity index is 1510. The van der Waals surface area contributed by atoms with Crippen molar-refractivity contribution in [3.8, 4) is 5.69 Å². The molecule has 1 aliphatic carbocycles. The van der Waals surface area contributed by atoms with Crippen LogP contribution in [0.2, 0.25) is 0 Å². The van der Waals surface area contributed by atoms with Crippen LogP contribution in [0, 0.1) is 13.8 Å². The summed E-state index contributed by atoms with van der Waals surface area (Å²) in [4.78, 5) is 31.7. The highest BCUT2D eigenvalue weighted by Crippen LogP contribution is 2.26. The first-order valence-electron chi connectivity index (χ1n) is 12.7. The van der Waals surface area contributed by atoms with Crippen molar-refractivity contribution in [3.63, 3.8) is 0 Å². The zero-order chi connectivity index (χ0) is 25.9. The molecule has 0 saturated heterocycles. The van der Waals surface area contributed by atoms with Gasteiger partial charge < -0.3 is 5.32 Å². The Morgan fingerprint density at radius 1 is 1.05 bits per heavy atom. The summed E-state index contributed by atoms with van der Waals surface area (Å²) in [5.74, 6) is 0.549. The number of nitrogens with one attached hydrogen (secondary N) is 1. The van der Waals surface area contributed by atoms with E-state index in [-0.39, 0.29) is 17.5 Å². The monoisotopic (exact) mass is 509 g/mol. The molecule has 0 atom stereocenters. The lowest BCUT2D eigenvalue weighted by atomic mass is 10.1. The fraction of sp³-hybridized carbons (Fsp3) is 0.258. The standard InChI is InChI=1S/C31H31N3O2S/c1-4-22-9-11-23(12-10-22)19-37-31-33-28-18-24(29(35)32-25-7-5-6-8-25)13-14-27(28)30(36)34(31)26-16-20(2)15-21(3)17-26/h4,9-18,25H,1,5-8,19H2,2-3H3,(H,32,35). The highest BCUT2D eigenvalue weighted by atomic mass is 32.2. The molecule has 1 saturated carbocycles. The number of hydrogen-bond acceptors (Lipinski definition) is 4. The molecule has 6 heteroatoms. The maximum Gasteiger partial charge on any atom is 0.266 e. The van der Waals surface area contributed by atoms with E-state index in [1.54, 1.807) is 22.8 Å². The molecule has 3 aromatic carbocycles. The SMILES string of the molecule is C=Cc1ccc(CSc2nc3cc(C(=O)NC4CCCC4)ccc3c(=O)n2-c2cc(C)cc(C)c2)cc1. The fourth-order valence-corrected chi connectivity index (χ4v) is 5.92. The molecular formula is C31H31N3O2S. The summed E-state index contributed by atoms with van der Waals surface area (Å²) >= 11 is 1.52. The molecule has 1 aromatic heterocycles. The summed E-state index contributed by atoms with van der Waals surface area (Å²) in [7, 11) is 0. The summed E-state index contributed by atoms with van der Waals surface area (Å²) in [6, 6.07) is 19.7. The molecule has 1 aliphatic rings. The van der Waals surface area contributed by atoms with Gasteiger partial charge in [-0.1, -0.05) is 67.6 Å². The number of thioether (sulfide) groups is 1. The third kappa shape index (κ3) is 5.54. The van der Waals surface area contributed by atoms with E-state index in [0.29, 0.717) is 27.4 Å². The smallest absolute Gasteiger partial charge is 0.266 e. The lowest BCUT2D eigenvalue weighted by Crippen LogP contribution is -2.32. The number of aromatic nitrogens is 2. The molecule has 4 aromatic rings. The number of carbonyl (C=O) groups is 1. The Balaban J connectivity index is 1.56. The van der Waals surface area contributed by atoms with Gasteiger partial charge in [0.1, 0.15) is 0 Å². The number of aryl methyl sites for hydroxylation is 2. The second-order valence-corrected chi connectivity index (χ2v) is 10.7. The van der Waals surface area contributed by atoms with Crippen LogP contribution in [0.5, 0.6) is 0 Å². The van der Waals surface area contributed by atoms with Gasteiger partial charge in [-0.05, 0) is 79.3 Å². The lowest BCUT2D eigenvalue weighted by Gasteiger charge is -2.16. The van der Waals surface area contributed by atoms with Gasteiger partial charge in [0.15, 0.2) is 5.16 Å². The van der Waals surface area contributed by atoms with Gasteiger partial charge >= 0.3 is 0 Å². The molecule has 37 heavy (non-hydrogen) atoms. The number of carbonyl (C=O) groups excluding carboxylic acids is 1. The second kappa shape index (κ2) is 10.8. The van der Waals surface area contributed by atoms with Crippen molar-refractivity contribution in [2.24, 2.45) is 0 Å². The third-order valence-electron chi connectivity index (χ3n) is 6.84. The van der Waals surface area contributed by atoms with Gasteiger partial charge in [0.25, 0.3) is 11.5 Å². The first-order valence-corrected chi connectivity index (χ1v) is 13.7. The van der Waals surface area contributed by atoms with Crippen molar-refractivity contribution >= 4 is 34.6 Å². The van der Waals surface area contributed by atoms with Gasteiger partial charge in [-0.15, -0.1) is 0 Å². The largest absolute Gasteiger partial charge is 0.349 e. The highest BCUT2D eigenvalue weighted by Gasteiger charge is 2.20. The second-order valence-electron chi connectivity index (χ2n) is 9.80. The molecule has 0 aliphatic heterocycles. The number of amides is 1. The molecule has 5 rings (SSSR count). The summed E-state index contributed by atoms with van der Waals surface area (Å²) in [5.41, 5.74) is 6.08. The van der Waals surface area contributed by atoms with E-state index in [1.807, 2.05) is 44.2 Å². The number of hydrogen-bond donors (Lipinski definition) is 1. The Hall–Kier alpha value is -3.64. The first-order chi connectivity index (χ1) is 17.9. The van der Waals surface area contributed by atoms with Crippen LogP contribution in [0.15, 0.2) is 77.2 Å². The van der Waals surface area contributed by atoms with E-state index in [2.05, 4.69) is 30.1 Å². The summed E-state index contributed by atoms with van der Waals surface area (Å²) < 4.78 is 1.70. The normalized spacial score (nSPS) is 13.7. The lowest BCUT2D eigenvalue weighted by molar-refractivity contribution is 0.0938. The number of fused-ring (bicyclic) bond motifs is 1. The molecule has 1 heterocycles. The van der Waals surface area contributed by atoms with Gasteiger partial charge in [-0.3, -0.25) is 14.2 Å². The van der Waals surface area contributed by atoms with Crippen molar-refractivity contribution < 1.29 is 4.79 Å². The van der Waals surface area contributed by atoms with Crippen molar-refractivity contribution in [2.45, 2.75) is 56.5 Å². The predicted octanol–water partition coefficient (Wildman–Crippen LogP) is 6.61. The van der Waals surface area contributed by atoms with E-state index in [1.165, 1.54) is 11.8 Å². The van der Waals surface area contributed by atoms with Crippen LogP contribution < -0.4 is 10.9 Å². The number of nitrogens with zero attached hydrogens (tertiary/aromatic N) is 2. The van der Waals surface area contributed by atoms with Gasteiger partial charge in [0.05, 0.1) is 16.6 Å². The van der Waals surface area contributed by atoms with E-state index in [4.69, 9.17) is 4.98 Å². The minimum absolute atomic E-state index is 0.106. The van der Waals surface area contributed by atoms with E-state index >= 15 is 0 Å². The van der Waals surface area contributed by atoms with Gasteiger partial charge in [0.2, 0.25) is 0 Å². The molecule has 1 fully saturated rings. The molecule has 0 spiro atoms. The zero-order valence-corrected chi connectivity index (χ0v) is 22.1. The summed E-state index contributed by atoms with van der Waals surface area (Å²) in [6.45, 7) is 7.87.